The van der Waals surface area contributed by atoms with Crippen LogP contribution in [0.2, 0.25) is 0 Å². The Kier molecular flexibility index (Phi) is 2.38. The highest BCUT2D eigenvalue weighted by atomic mass is 32.1. The van der Waals surface area contributed by atoms with E-state index in [0.717, 1.165) is 11.1 Å². The van der Waals surface area contributed by atoms with Crippen LogP contribution < -0.4 is 0 Å². The minimum Gasteiger partial charge on any atom is -0.411 e. The van der Waals surface area contributed by atoms with Crippen molar-refractivity contribution in [2.45, 2.75) is 6.92 Å². The second kappa shape index (κ2) is 3.30. The van der Waals surface area contributed by atoms with E-state index in [4.69, 9.17) is 17.4 Å². The van der Waals surface area contributed by atoms with Crippen LogP contribution in [-0.4, -0.2) is 16.4 Å². The molecule has 58 valence electrons. The van der Waals surface area contributed by atoms with E-state index in [9.17, 15) is 0 Å². The molecule has 0 unspecified atom stereocenters. The molecule has 1 rings (SSSR count). The maximum atomic E-state index is 8.24. The Morgan fingerprint density at radius 2 is 2.45 bits per heavy atom. The summed E-state index contributed by atoms with van der Waals surface area (Å²) in [5, 5.41) is 11.2. The van der Waals surface area contributed by atoms with Gasteiger partial charge in [0.1, 0.15) is 4.64 Å². The number of H-pyrrole nitrogens is 1. The van der Waals surface area contributed by atoms with Gasteiger partial charge in [-0.25, -0.2) is 0 Å². The van der Waals surface area contributed by atoms with Gasteiger partial charge in [0.15, 0.2) is 0 Å². The summed E-state index contributed by atoms with van der Waals surface area (Å²) in [6, 6.07) is 1.81. The SMILES string of the molecule is Cc1cc(=S)[nH]cc1/C=N\O. The quantitative estimate of drug-likeness (QED) is 0.291. The molecule has 0 saturated heterocycles. The molecular formula is C7H8N2OS. The summed E-state index contributed by atoms with van der Waals surface area (Å²) in [6.07, 6.45) is 3.07. The fraction of sp³-hybridized carbons (Fsp3) is 0.143. The number of oxime groups is 1. The Morgan fingerprint density at radius 1 is 1.73 bits per heavy atom. The molecule has 0 bridgehead atoms. The first-order chi connectivity index (χ1) is 5.24. The molecule has 4 heteroatoms. The largest absolute Gasteiger partial charge is 0.411 e. The number of nitrogens with zero attached hydrogens (tertiary/aromatic N) is 1. The monoisotopic (exact) mass is 168 g/mol. The van der Waals surface area contributed by atoms with Crippen molar-refractivity contribution in [2.24, 2.45) is 5.16 Å². The maximum Gasteiger partial charge on any atom is 0.103 e. The van der Waals surface area contributed by atoms with Gasteiger partial charge < -0.3 is 10.2 Å². The molecule has 0 atom stereocenters. The zero-order valence-corrected chi connectivity index (χ0v) is 6.85. The first-order valence-electron chi connectivity index (χ1n) is 3.11. The summed E-state index contributed by atoms with van der Waals surface area (Å²) in [5.41, 5.74) is 1.83. The lowest BCUT2D eigenvalue weighted by Gasteiger charge is -1.96. The highest BCUT2D eigenvalue weighted by molar-refractivity contribution is 7.71. The Labute approximate surface area is 69.4 Å². The van der Waals surface area contributed by atoms with Gasteiger partial charge in [0, 0.05) is 11.8 Å². The van der Waals surface area contributed by atoms with E-state index in [2.05, 4.69) is 10.1 Å². The molecule has 1 heterocycles. The molecule has 0 aliphatic carbocycles. The zero-order valence-electron chi connectivity index (χ0n) is 6.03. The van der Waals surface area contributed by atoms with Gasteiger partial charge in [0.25, 0.3) is 0 Å². The summed E-state index contributed by atoms with van der Waals surface area (Å²) < 4.78 is 0.678. The van der Waals surface area contributed by atoms with E-state index in [-0.39, 0.29) is 0 Å². The molecular weight excluding hydrogens is 160 g/mol. The number of aryl methyl sites for hydroxylation is 1. The van der Waals surface area contributed by atoms with E-state index in [1.54, 1.807) is 6.20 Å². The minimum absolute atomic E-state index is 0.678. The van der Waals surface area contributed by atoms with Gasteiger partial charge in [0.2, 0.25) is 0 Å². The fourth-order valence-corrected chi connectivity index (χ4v) is 1.02. The third kappa shape index (κ3) is 1.88. The molecule has 0 aliphatic rings. The molecule has 0 saturated carbocycles. The normalized spacial score (nSPS) is 10.6. The molecule has 3 nitrogen and oxygen atoms in total. The fourth-order valence-electron chi connectivity index (χ4n) is 0.786. The number of nitrogens with one attached hydrogen (secondary N) is 1. The van der Waals surface area contributed by atoms with Crippen LogP contribution in [-0.2, 0) is 0 Å². The van der Waals surface area contributed by atoms with Crippen LogP contribution >= 0.6 is 12.2 Å². The first-order valence-corrected chi connectivity index (χ1v) is 3.51. The Balaban J connectivity index is 3.19. The van der Waals surface area contributed by atoms with Crippen LogP contribution in [0.3, 0.4) is 0 Å². The van der Waals surface area contributed by atoms with Crippen molar-refractivity contribution >= 4 is 18.4 Å². The predicted octanol–water partition coefficient (Wildman–Crippen LogP) is 1.86. The number of rotatable bonds is 1. The summed E-state index contributed by atoms with van der Waals surface area (Å²) >= 11 is 4.88. The number of hydrogen-bond donors (Lipinski definition) is 2. The van der Waals surface area contributed by atoms with E-state index in [1.807, 2.05) is 13.0 Å². The van der Waals surface area contributed by atoms with Crippen molar-refractivity contribution in [1.82, 2.24) is 4.98 Å². The Morgan fingerprint density at radius 3 is 3.00 bits per heavy atom. The van der Waals surface area contributed by atoms with Crippen molar-refractivity contribution in [3.05, 3.63) is 28.0 Å². The van der Waals surface area contributed by atoms with Crippen LogP contribution in [0.15, 0.2) is 17.4 Å². The molecule has 2 N–H and O–H groups in total. The molecule has 11 heavy (non-hydrogen) atoms. The van der Waals surface area contributed by atoms with Crippen LogP contribution in [0, 0.1) is 11.6 Å². The minimum atomic E-state index is 0.678. The summed E-state index contributed by atoms with van der Waals surface area (Å²) in [7, 11) is 0. The molecule has 0 radical (unpaired) electrons. The van der Waals surface area contributed by atoms with Gasteiger partial charge in [-0.1, -0.05) is 17.4 Å². The maximum absolute atomic E-state index is 8.24. The molecule has 0 spiro atoms. The van der Waals surface area contributed by atoms with Gasteiger partial charge in [-0.2, -0.15) is 0 Å². The highest BCUT2D eigenvalue weighted by Crippen LogP contribution is 2.02. The van der Waals surface area contributed by atoms with Gasteiger partial charge in [-0.05, 0) is 18.6 Å². The van der Waals surface area contributed by atoms with Crippen LogP contribution in [0.25, 0.3) is 0 Å². The summed E-state index contributed by atoms with van der Waals surface area (Å²) in [6.45, 7) is 1.90. The smallest absolute Gasteiger partial charge is 0.103 e. The number of pyridine rings is 1. The van der Waals surface area contributed by atoms with Crippen molar-refractivity contribution in [1.29, 1.82) is 0 Å². The lowest BCUT2D eigenvalue weighted by atomic mass is 10.2. The third-order valence-electron chi connectivity index (χ3n) is 1.37. The predicted molar refractivity (Wildman–Crippen MR) is 45.7 cm³/mol. The lowest BCUT2D eigenvalue weighted by molar-refractivity contribution is 0.322. The molecule has 1 aromatic heterocycles. The van der Waals surface area contributed by atoms with Crippen LogP contribution in [0.4, 0.5) is 0 Å². The average molecular weight is 168 g/mol. The topological polar surface area (TPSA) is 48.4 Å². The number of aromatic nitrogens is 1. The lowest BCUT2D eigenvalue weighted by Crippen LogP contribution is -1.88. The van der Waals surface area contributed by atoms with Crippen molar-refractivity contribution < 1.29 is 5.21 Å². The number of aromatic amines is 1. The third-order valence-corrected chi connectivity index (χ3v) is 1.61. The van der Waals surface area contributed by atoms with E-state index < -0.39 is 0 Å². The summed E-state index contributed by atoms with van der Waals surface area (Å²) in [4.78, 5) is 2.84. The molecule has 1 aromatic rings. The Hall–Kier alpha value is -1.16. The van der Waals surface area contributed by atoms with Crippen molar-refractivity contribution in [2.75, 3.05) is 0 Å². The molecule has 0 fully saturated rings. The Bertz CT molecular complexity index is 329. The van der Waals surface area contributed by atoms with Crippen molar-refractivity contribution in [3.8, 4) is 0 Å². The summed E-state index contributed by atoms with van der Waals surface area (Å²) in [5.74, 6) is 0. The molecule has 0 aromatic carbocycles. The van der Waals surface area contributed by atoms with E-state index >= 15 is 0 Å². The van der Waals surface area contributed by atoms with Gasteiger partial charge in [-0.15, -0.1) is 0 Å². The molecule has 0 aliphatic heterocycles. The van der Waals surface area contributed by atoms with Crippen LogP contribution in [0.1, 0.15) is 11.1 Å². The van der Waals surface area contributed by atoms with E-state index in [1.165, 1.54) is 6.21 Å². The number of hydrogen-bond acceptors (Lipinski definition) is 3. The second-order valence-corrected chi connectivity index (χ2v) is 2.62. The zero-order chi connectivity index (χ0) is 8.27. The molecule has 0 amide bonds. The van der Waals surface area contributed by atoms with Crippen LogP contribution in [0.5, 0.6) is 0 Å². The van der Waals surface area contributed by atoms with Crippen molar-refractivity contribution in [3.63, 3.8) is 0 Å². The first kappa shape index (κ1) is 7.94. The van der Waals surface area contributed by atoms with Gasteiger partial charge in [0.05, 0.1) is 6.21 Å². The van der Waals surface area contributed by atoms with Gasteiger partial charge >= 0.3 is 0 Å². The average Bonchev–Trinajstić information content (AvgIpc) is 1.95. The van der Waals surface area contributed by atoms with Gasteiger partial charge in [-0.3, -0.25) is 0 Å². The highest BCUT2D eigenvalue weighted by Gasteiger charge is 1.92. The van der Waals surface area contributed by atoms with E-state index in [0.29, 0.717) is 4.64 Å². The standard InChI is InChI=1S/C7H8N2OS/c1-5-2-7(11)8-3-6(5)4-9-10/h2-4,10H,1H3,(H,8,11)/b9-4-. The second-order valence-electron chi connectivity index (χ2n) is 2.18.